The Morgan fingerprint density at radius 3 is 2.40 bits per heavy atom. The van der Waals surface area contributed by atoms with Crippen LogP contribution in [0.3, 0.4) is 0 Å². The van der Waals surface area contributed by atoms with E-state index in [0.29, 0.717) is 18.3 Å². The highest BCUT2D eigenvalue weighted by Gasteiger charge is 2.20. The predicted octanol–water partition coefficient (Wildman–Crippen LogP) is 2.09. The van der Waals surface area contributed by atoms with E-state index in [4.69, 9.17) is 13.8 Å². The lowest BCUT2D eigenvalue weighted by atomic mass is 10.2. The third kappa shape index (κ3) is 4.45. The molecule has 0 radical (unpaired) electrons. The predicted molar refractivity (Wildman–Crippen MR) is 90.9 cm³/mol. The molecular formula is C17H27N5O3. The van der Waals surface area contributed by atoms with E-state index in [1.165, 1.54) is 5.56 Å². The highest BCUT2D eigenvalue weighted by molar-refractivity contribution is 5.20. The van der Waals surface area contributed by atoms with Gasteiger partial charge in [-0.05, 0) is 40.3 Å². The Labute approximate surface area is 148 Å². The van der Waals surface area contributed by atoms with Crippen molar-refractivity contribution in [3.63, 3.8) is 0 Å². The van der Waals surface area contributed by atoms with Crippen LogP contribution in [0.4, 0.5) is 0 Å². The molecule has 138 valence electrons. The van der Waals surface area contributed by atoms with Gasteiger partial charge in [-0.1, -0.05) is 10.3 Å². The SMILES string of the molecule is CO[C@H](C)c1noc(CN2CCCN(Cc3c(C)noc3C)CC2)n1. The Kier molecular flexibility index (Phi) is 5.82. The summed E-state index contributed by atoms with van der Waals surface area (Å²) >= 11 is 0. The molecule has 8 nitrogen and oxygen atoms in total. The zero-order chi connectivity index (χ0) is 17.8. The molecule has 1 aliphatic rings. The van der Waals surface area contributed by atoms with Gasteiger partial charge < -0.3 is 13.8 Å². The second-order valence-electron chi connectivity index (χ2n) is 6.63. The Bertz CT molecular complexity index is 664. The monoisotopic (exact) mass is 349 g/mol. The first-order valence-electron chi connectivity index (χ1n) is 8.78. The van der Waals surface area contributed by atoms with Crippen molar-refractivity contribution in [3.8, 4) is 0 Å². The minimum Gasteiger partial charge on any atom is -0.374 e. The molecule has 0 aliphatic carbocycles. The van der Waals surface area contributed by atoms with Crippen molar-refractivity contribution < 1.29 is 13.8 Å². The standard InChI is InChI=1S/C17H27N5O3/c1-12-15(13(2)24-19-12)10-21-6-5-7-22(9-8-21)11-16-18-17(20-25-16)14(3)23-4/h14H,5-11H2,1-4H3/t14-/m1/s1. The molecule has 2 aromatic rings. The van der Waals surface area contributed by atoms with E-state index in [0.717, 1.165) is 50.6 Å². The number of hydrogen-bond acceptors (Lipinski definition) is 8. The van der Waals surface area contributed by atoms with Crippen LogP contribution in [0.5, 0.6) is 0 Å². The molecule has 0 aromatic carbocycles. The number of nitrogens with zero attached hydrogens (tertiary/aromatic N) is 5. The van der Waals surface area contributed by atoms with Crippen molar-refractivity contribution in [1.82, 2.24) is 25.1 Å². The maximum Gasteiger partial charge on any atom is 0.240 e. The Hall–Kier alpha value is -1.77. The van der Waals surface area contributed by atoms with Crippen LogP contribution in [0.1, 0.15) is 48.2 Å². The molecule has 1 aliphatic heterocycles. The average molecular weight is 349 g/mol. The van der Waals surface area contributed by atoms with Gasteiger partial charge in [-0.25, -0.2) is 0 Å². The van der Waals surface area contributed by atoms with Gasteiger partial charge in [-0.2, -0.15) is 4.98 Å². The molecule has 1 atom stereocenters. The second kappa shape index (κ2) is 8.07. The molecule has 1 fully saturated rings. The third-order valence-corrected chi connectivity index (χ3v) is 4.80. The van der Waals surface area contributed by atoms with Crippen molar-refractivity contribution in [1.29, 1.82) is 0 Å². The van der Waals surface area contributed by atoms with E-state index in [1.807, 2.05) is 20.8 Å². The minimum atomic E-state index is -0.146. The zero-order valence-corrected chi connectivity index (χ0v) is 15.5. The van der Waals surface area contributed by atoms with E-state index in [2.05, 4.69) is 25.1 Å². The summed E-state index contributed by atoms with van der Waals surface area (Å²) in [5, 5.41) is 8.04. The van der Waals surface area contributed by atoms with Crippen LogP contribution in [0.2, 0.25) is 0 Å². The summed E-state index contributed by atoms with van der Waals surface area (Å²) in [6.07, 6.45) is 0.964. The molecule has 0 unspecified atom stereocenters. The third-order valence-electron chi connectivity index (χ3n) is 4.80. The topological polar surface area (TPSA) is 80.7 Å². The molecule has 3 heterocycles. The number of aryl methyl sites for hydroxylation is 2. The van der Waals surface area contributed by atoms with Crippen molar-refractivity contribution in [2.24, 2.45) is 0 Å². The fourth-order valence-corrected chi connectivity index (χ4v) is 3.09. The zero-order valence-electron chi connectivity index (χ0n) is 15.5. The molecule has 0 N–H and O–H groups in total. The molecule has 0 spiro atoms. The van der Waals surface area contributed by atoms with Gasteiger partial charge in [-0.15, -0.1) is 0 Å². The van der Waals surface area contributed by atoms with Crippen LogP contribution in [0, 0.1) is 13.8 Å². The van der Waals surface area contributed by atoms with Crippen molar-refractivity contribution >= 4 is 0 Å². The number of rotatable bonds is 6. The van der Waals surface area contributed by atoms with Gasteiger partial charge in [0, 0.05) is 32.3 Å². The number of aromatic nitrogens is 3. The fraction of sp³-hybridized carbons (Fsp3) is 0.706. The lowest BCUT2D eigenvalue weighted by Crippen LogP contribution is -2.30. The Morgan fingerprint density at radius 2 is 1.76 bits per heavy atom. The van der Waals surface area contributed by atoms with E-state index in [-0.39, 0.29) is 6.10 Å². The van der Waals surface area contributed by atoms with E-state index < -0.39 is 0 Å². The summed E-state index contributed by atoms with van der Waals surface area (Å²) in [6.45, 7) is 11.5. The smallest absolute Gasteiger partial charge is 0.240 e. The number of hydrogen-bond donors (Lipinski definition) is 0. The van der Waals surface area contributed by atoms with Gasteiger partial charge in [0.1, 0.15) is 11.9 Å². The Morgan fingerprint density at radius 1 is 1.04 bits per heavy atom. The largest absolute Gasteiger partial charge is 0.374 e. The molecular weight excluding hydrogens is 322 g/mol. The van der Waals surface area contributed by atoms with Crippen molar-refractivity contribution in [2.75, 3.05) is 33.3 Å². The summed E-state index contributed by atoms with van der Waals surface area (Å²) in [5.41, 5.74) is 2.20. The van der Waals surface area contributed by atoms with Crippen LogP contribution in [-0.2, 0) is 17.8 Å². The van der Waals surface area contributed by atoms with Gasteiger partial charge in [0.25, 0.3) is 0 Å². The number of ether oxygens (including phenoxy) is 1. The maximum absolute atomic E-state index is 5.36. The number of methoxy groups -OCH3 is 1. The van der Waals surface area contributed by atoms with Crippen LogP contribution in [0.15, 0.2) is 9.05 Å². The highest BCUT2D eigenvalue weighted by atomic mass is 16.5. The van der Waals surface area contributed by atoms with Gasteiger partial charge in [0.2, 0.25) is 5.89 Å². The van der Waals surface area contributed by atoms with Crippen LogP contribution in [-0.4, -0.2) is 58.4 Å². The first-order chi connectivity index (χ1) is 12.1. The molecule has 2 aromatic heterocycles. The average Bonchev–Trinajstić information content (AvgIpc) is 3.11. The summed E-state index contributed by atoms with van der Waals surface area (Å²) in [4.78, 5) is 9.25. The van der Waals surface area contributed by atoms with Gasteiger partial charge >= 0.3 is 0 Å². The molecule has 0 saturated carbocycles. The van der Waals surface area contributed by atoms with Crippen molar-refractivity contribution in [3.05, 3.63) is 28.7 Å². The summed E-state index contributed by atoms with van der Waals surface area (Å²) < 4.78 is 15.9. The summed E-state index contributed by atoms with van der Waals surface area (Å²) in [5.74, 6) is 2.18. The minimum absolute atomic E-state index is 0.146. The van der Waals surface area contributed by atoms with E-state index in [9.17, 15) is 0 Å². The Balaban J connectivity index is 1.54. The molecule has 25 heavy (non-hydrogen) atoms. The normalized spacial score (nSPS) is 18.4. The fourth-order valence-electron chi connectivity index (χ4n) is 3.09. The second-order valence-corrected chi connectivity index (χ2v) is 6.63. The van der Waals surface area contributed by atoms with Crippen LogP contribution in [0.25, 0.3) is 0 Å². The van der Waals surface area contributed by atoms with Crippen molar-refractivity contribution in [2.45, 2.75) is 46.4 Å². The summed E-state index contributed by atoms with van der Waals surface area (Å²) in [6, 6.07) is 0. The molecule has 0 bridgehead atoms. The van der Waals surface area contributed by atoms with Gasteiger partial charge in [-0.3, -0.25) is 9.80 Å². The molecule has 1 saturated heterocycles. The molecule has 0 amide bonds. The van der Waals surface area contributed by atoms with Gasteiger partial charge in [0.15, 0.2) is 5.82 Å². The lowest BCUT2D eigenvalue weighted by molar-refractivity contribution is 0.109. The lowest BCUT2D eigenvalue weighted by Gasteiger charge is -2.20. The van der Waals surface area contributed by atoms with Crippen LogP contribution >= 0.6 is 0 Å². The van der Waals surface area contributed by atoms with Gasteiger partial charge in [0.05, 0.1) is 12.2 Å². The first kappa shape index (κ1) is 18.0. The highest BCUT2D eigenvalue weighted by Crippen LogP contribution is 2.17. The van der Waals surface area contributed by atoms with Crippen LogP contribution < -0.4 is 0 Å². The summed E-state index contributed by atoms with van der Waals surface area (Å²) in [7, 11) is 1.64. The van der Waals surface area contributed by atoms with E-state index >= 15 is 0 Å². The van der Waals surface area contributed by atoms with E-state index in [1.54, 1.807) is 7.11 Å². The first-order valence-corrected chi connectivity index (χ1v) is 8.78. The quantitative estimate of drug-likeness (QED) is 0.784. The maximum atomic E-state index is 5.36. The molecule has 3 rings (SSSR count). The molecule has 8 heteroatoms.